The summed E-state index contributed by atoms with van der Waals surface area (Å²) in [5.41, 5.74) is 0.714. The Labute approximate surface area is 204 Å². The van der Waals surface area contributed by atoms with E-state index in [1.165, 1.54) is 13.0 Å². The molecule has 1 fully saturated rings. The minimum atomic E-state index is -4.18. The molecule has 13 heteroatoms. The molecule has 0 bridgehead atoms. The molecule has 0 aliphatic carbocycles. The van der Waals surface area contributed by atoms with Gasteiger partial charge in [0.1, 0.15) is 11.7 Å². The Kier molecular flexibility index (Phi) is 6.69. The fourth-order valence-corrected chi connectivity index (χ4v) is 5.10. The molecule has 2 atom stereocenters. The van der Waals surface area contributed by atoms with E-state index in [1.807, 2.05) is 0 Å². The van der Waals surface area contributed by atoms with Crippen molar-refractivity contribution >= 4 is 39.3 Å². The molecule has 2 aliphatic rings. The minimum absolute atomic E-state index is 0.00334. The maximum atomic E-state index is 13.5. The molecular weight excluding hydrogens is 498 g/mol. The quantitative estimate of drug-likeness (QED) is 0.472. The molecule has 2 aromatic carbocycles. The first-order chi connectivity index (χ1) is 17.0. The number of amides is 4. The second-order valence-corrected chi connectivity index (χ2v) is 9.92. The van der Waals surface area contributed by atoms with Gasteiger partial charge in [-0.1, -0.05) is 12.1 Å². The predicted octanol–water partition coefficient (Wildman–Crippen LogP) is 1.47. The van der Waals surface area contributed by atoms with E-state index in [2.05, 4.69) is 15.4 Å². The van der Waals surface area contributed by atoms with Crippen LogP contribution in [0.3, 0.4) is 0 Å². The molecule has 4 amide bonds. The highest BCUT2D eigenvalue weighted by Crippen LogP contribution is 2.25. The molecule has 2 aliphatic heterocycles. The lowest BCUT2D eigenvalue weighted by Gasteiger charge is -2.28. The van der Waals surface area contributed by atoms with Crippen molar-refractivity contribution in [1.29, 1.82) is 0 Å². The van der Waals surface area contributed by atoms with Crippen molar-refractivity contribution < 1.29 is 36.4 Å². The van der Waals surface area contributed by atoms with E-state index in [0.717, 1.165) is 17.0 Å². The highest BCUT2D eigenvalue weighted by Gasteiger charge is 2.42. The summed E-state index contributed by atoms with van der Waals surface area (Å²) in [6, 6.07) is 6.62. The first-order valence-corrected chi connectivity index (χ1v) is 12.2. The number of carbonyl (C=O) groups excluding carboxylic acids is 4. The first-order valence-electron chi connectivity index (χ1n) is 10.7. The van der Waals surface area contributed by atoms with E-state index in [-0.39, 0.29) is 18.5 Å². The van der Waals surface area contributed by atoms with Gasteiger partial charge in [-0.25, -0.2) is 21.9 Å². The average molecular weight is 518 g/mol. The summed E-state index contributed by atoms with van der Waals surface area (Å²) in [5.74, 6) is -5.13. The summed E-state index contributed by atoms with van der Waals surface area (Å²) in [7, 11) is -4.18. The Hall–Kier alpha value is -3.97. The maximum absolute atomic E-state index is 13.5. The van der Waals surface area contributed by atoms with Crippen LogP contribution in [0.1, 0.15) is 31.4 Å². The van der Waals surface area contributed by atoms with Gasteiger partial charge in [-0.3, -0.25) is 29.4 Å². The normalized spacial score (nSPS) is 19.2. The van der Waals surface area contributed by atoms with Gasteiger partial charge < -0.3 is 5.32 Å². The summed E-state index contributed by atoms with van der Waals surface area (Å²) in [5, 5.41) is 4.90. The van der Waals surface area contributed by atoms with E-state index >= 15 is 0 Å². The molecule has 3 N–H and O–H groups in total. The third-order valence-corrected chi connectivity index (χ3v) is 7.21. The van der Waals surface area contributed by atoms with Crippen LogP contribution in [-0.2, 0) is 29.2 Å². The van der Waals surface area contributed by atoms with Crippen LogP contribution in [0.4, 0.5) is 14.5 Å². The van der Waals surface area contributed by atoms with Crippen molar-refractivity contribution in [3.05, 3.63) is 71.4 Å². The number of carbonyl (C=O) groups is 4. The van der Waals surface area contributed by atoms with Gasteiger partial charge in [-0.05, 0) is 49.2 Å². The Balaban J connectivity index is 1.47. The van der Waals surface area contributed by atoms with Crippen LogP contribution >= 0.6 is 0 Å². The van der Waals surface area contributed by atoms with Gasteiger partial charge in [0.25, 0.3) is 11.8 Å². The van der Waals surface area contributed by atoms with E-state index in [0.29, 0.717) is 23.4 Å². The van der Waals surface area contributed by atoms with E-state index < -0.39 is 62.3 Å². The summed E-state index contributed by atoms with van der Waals surface area (Å²) >= 11 is 0. The number of halogens is 2. The predicted molar refractivity (Wildman–Crippen MR) is 121 cm³/mol. The average Bonchev–Trinajstić information content (AvgIpc) is 3.08. The molecule has 0 radical (unpaired) electrons. The SMILES string of the molecule is CC(NS(=O)(=O)c1ccc(F)c(F)c1)c1cccc(NC2=CC(=O)N(C3CCC(=O)NC3=O)C2=O)c1. The van der Waals surface area contributed by atoms with Gasteiger partial charge in [-0.2, -0.15) is 0 Å². The number of benzene rings is 2. The number of nitrogens with zero attached hydrogens (tertiary/aromatic N) is 1. The molecule has 1 saturated heterocycles. The van der Waals surface area contributed by atoms with Crippen LogP contribution in [0.2, 0.25) is 0 Å². The van der Waals surface area contributed by atoms with Crippen molar-refractivity contribution in [3.8, 4) is 0 Å². The highest BCUT2D eigenvalue weighted by molar-refractivity contribution is 7.89. The molecule has 2 unspecified atom stereocenters. The number of sulfonamides is 1. The molecule has 2 aromatic rings. The topological polar surface area (TPSA) is 142 Å². The Bertz CT molecular complexity index is 1430. The zero-order valence-electron chi connectivity index (χ0n) is 18.7. The van der Waals surface area contributed by atoms with Crippen molar-refractivity contribution in [2.75, 3.05) is 5.32 Å². The van der Waals surface area contributed by atoms with E-state index in [4.69, 9.17) is 0 Å². The van der Waals surface area contributed by atoms with Gasteiger partial charge in [-0.15, -0.1) is 0 Å². The molecular formula is C23H20F2N4O6S. The Morgan fingerprint density at radius 3 is 2.50 bits per heavy atom. The van der Waals surface area contributed by atoms with Gasteiger partial charge in [0.05, 0.1) is 4.90 Å². The summed E-state index contributed by atoms with van der Waals surface area (Å²) in [4.78, 5) is 49.0. The van der Waals surface area contributed by atoms with Gasteiger partial charge >= 0.3 is 0 Å². The van der Waals surface area contributed by atoms with Crippen LogP contribution in [0.15, 0.2) is 59.1 Å². The van der Waals surface area contributed by atoms with Crippen LogP contribution in [-0.4, -0.2) is 43.0 Å². The largest absolute Gasteiger partial charge is 0.351 e. The maximum Gasteiger partial charge on any atom is 0.278 e. The zero-order chi connectivity index (χ0) is 26.2. The van der Waals surface area contributed by atoms with Crippen molar-refractivity contribution in [2.24, 2.45) is 0 Å². The van der Waals surface area contributed by atoms with E-state index in [9.17, 15) is 36.4 Å². The number of imide groups is 2. The molecule has 0 spiro atoms. The summed E-state index contributed by atoms with van der Waals surface area (Å²) in [6.45, 7) is 1.53. The second-order valence-electron chi connectivity index (χ2n) is 8.21. The van der Waals surface area contributed by atoms with Crippen LogP contribution < -0.4 is 15.4 Å². The number of anilines is 1. The fraction of sp³-hybridized carbons (Fsp3) is 0.217. The first kappa shape index (κ1) is 25.1. The lowest BCUT2D eigenvalue weighted by molar-refractivity contribution is -0.149. The Morgan fingerprint density at radius 2 is 1.81 bits per heavy atom. The molecule has 4 rings (SSSR count). The number of rotatable bonds is 7. The molecule has 36 heavy (non-hydrogen) atoms. The third kappa shape index (κ3) is 5.02. The standard InChI is InChI=1S/C23H20F2N4O6S/c1-12(28-36(34,35)15-5-6-16(24)17(25)10-15)13-3-2-4-14(9-13)26-18-11-21(31)29(23(18)33)19-7-8-20(30)27-22(19)32/h2-6,9-12,19,26,28H,7-8H2,1H3,(H,27,30,32). The number of hydrogen-bond donors (Lipinski definition) is 3. The lowest BCUT2D eigenvalue weighted by Crippen LogP contribution is -2.54. The molecule has 0 aromatic heterocycles. The number of nitrogens with one attached hydrogen (secondary N) is 3. The molecule has 188 valence electrons. The number of hydrogen-bond acceptors (Lipinski definition) is 7. The Morgan fingerprint density at radius 1 is 1.06 bits per heavy atom. The van der Waals surface area contributed by atoms with E-state index in [1.54, 1.807) is 18.2 Å². The van der Waals surface area contributed by atoms with Crippen molar-refractivity contribution in [2.45, 2.75) is 36.7 Å². The van der Waals surface area contributed by atoms with Gasteiger partial charge in [0.2, 0.25) is 21.8 Å². The van der Waals surface area contributed by atoms with Crippen molar-refractivity contribution in [1.82, 2.24) is 14.9 Å². The lowest BCUT2D eigenvalue weighted by atomic mass is 10.0. The molecule has 2 heterocycles. The smallest absolute Gasteiger partial charge is 0.278 e. The van der Waals surface area contributed by atoms with Gasteiger partial charge in [0, 0.05) is 24.2 Å². The molecule has 10 nitrogen and oxygen atoms in total. The summed E-state index contributed by atoms with van der Waals surface area (Å²) < 4.78 is 54.2. The fourth-order valence-electron chi connectivity index (χ4n) is 3.85. The highest BCUT2D eigenvalue weighted by atomic mass is 32.2. The summed E-state index contributed by atoms with van der Waals surface area (Å²) in [6.07, 6.45) is 1.05. The number of piperidine rings is 1. The van der Waals surface area contributed by atoms with Crippen LogP contribution in [0.25, 0.3) is 0 Å². The zero-order valence-corrected chi connectivity index (χ0v) is 19.6. The van der Waals surface area contributed by atoms with Gasteiger partial charge in [0.15, 0.2) is 11.6 Å². The van der Waals surface area contributed by atoms with Crippen LogP contribution in [0.5, 0.6) is 0 Å². The monoisotopic (exact) mass is 518 g/mol. The minimum Gasteiger partial charge on any atom is -0.351 e. The third-order valence-electron chi connectivity index (χ3n) is 5.68. The van der Waals surface area contributed by atoms with Crippen molar-refractivity contribution in [3.63, 3.8) is 0 Å². The van der Waals surface area contributed by atoms with Crippen LogP contribution in [0, 0.1) is 11.6 Å². The molecule has 0 saturated carbocycles. The second kappa shape index (κ2) is 9.59.